The molecule has 0 aromatic carbocycles. The minimum Gasteiger partial charge on any atom is -0.444 e. The first-order valence-corrected chi connectivity index (χ1v) is 8.82. The van der Waals surface area contributed by atoms with Crippen LogP contribution in [0.5, 0.6) is 0 Å². The van der Waals surface area contributed by atoms with Gasteiger partial charge in [0, 0.05) is 37.1 Å². The molecule has 1 atom stereocenters. The quantitative estimate of drug-likeness (QED) is 0.785. The first kappa shape index (κ1) is 16.8. The van der Waals surface area contributed by atoms with Crippen molar-refractivity contribution in [2.75, 3.05) is 19.6 Å². The van der Waals surface area contributed by atoms with E-state index in [4.69, 9.17) is 4.74 Å². The van der Waals surface area contributed by atoms with Crippen LogP contribution in [-0.4, -0.2) is 47.2 Å². The molecule has 4 nitrogen and oxygen atoms in total. The predicted molar refractivity (Wildman–Crippen MR) is 89.7 cm³/mol. The maximum atomic E-state index is 12.2. The van der Waals surface area contributed by atoms with Crippen LogP contribution in [0.3, 0.4) is 0 Å². The van der Waals surface area contributed by atoms with Gasteiger partial charge in [0.05, 0.1) is 3.79 Å². The topological polar surface area (TPSA) is 32.8 Å². The Morgan fingerprint density at radius 3 is 2.67 bits per heavy atom. The number of rotatable bonds is 2. The molecule has 0 saturated carbocycles. The van der Waals surface area contributed by atoms with E-state index in [1.54, 1.807) is 11.3 Å². The van der Waals surface area contributed by atoms with Gasteiger partial charge < -0.3 is 9.64 Å². The van der Waals surface area contributed by atoms with Crippen molar-refractivity contribution in [3.63, 3.8) is 0 Å². The van der Waals surface area contributed by atoms with Crippen LogP contribution in [0.4, 0.5) is 4.79 Å². The molecule has 0 radical (unpaired) electrons. The summed E-state index contributed by atoms with van der Waals surface area (Å²) in [6, 6.07) is 4.41. The number of ether oxygens (including phenoxy) is 1. The molecule has 1 fully saturated rings. The molecule has 0 N–H and O–H groups in total. The molecule has 1 aliphatic heterocycles. The maximum absolute atomic E-state index is 12.2. The van der Waals surface area contributed by atoms with Gasteiger partial charge in [-0.3, -0.25) is 4.90 Å². The van der Waals surface area contributed by atoms with Crippen LogP contribution >= 0.6 is 27.3 Å². The zero-order valence-electron chi connectivity index (χ0n) is 13.1. The Hall–Kier alpha value is -0.590. The Labute approximate surface area is 139 Å². The number of amides is 1. The lowest BCUT2D eigenvalue weighted by atomic mass is 10.2. The Kier molecular flexibility index (Phi) is 5.33. The van der Waals surface area contributed by atoms with Crippen LogP contribution in [-0.2, 0) is 11.3 Å². The average Bonchev–Trinajstić information content (AvgIpc) is 2.72. The third-order valence-electron chi connectivity index (χ3n) is 3.35. The second kappa shape index (κ2) is 6.67. The molecule has 1 aromatic rings. The molecule has 6 heteroatoms. The fourth-order valence-electron chi connectivity index (χ4n) is 2.43. The van der Waals surface area contributed by atoms with Crippen LogP contribution < -0.4 is 0 Å². The molecule has 2 rings (SSSR count). The summed E-state index contributed by atoms with van der Waals surface area (Å²) in [5.41, 5.74) is -0.433. The van der Waals surface area contributed by atoms with Crippen molar-refractivity contribution < 1.29 is 9.53 Å². The SMILES string of the molecule is C[C@H]1CN(Cc2ccc(Br)s2)CCN1C(=O)OC(C)(C)C. The smallest absolute Gasteiger partial charge is 0.410 e. The van der Waals surface area contributed by atoms with Gasteiger partial charge >= 0.3 is 6.09 Å². The van der Waals surface area contributed by atoms with E-state index >= 15 is 0 Å². The second-order valence-electron chi connectivity index (χ2n) is 6.46. The number of nitrogens with zero attached hydrogens (tertiary/aromatic N) is 2. The minimum atomic E-state index is -0.433. The summed E-state index contributed by atoms with van der Waals surface area (Å²) in [7, 11) is 0. The van der Waals surface area contributed by atoms with E-state index in [0.29, 0.717) is 0 Å². The molecular weight excluding hydrogens is 352 g/mol. The number of halogens is 1. The van der Waals surface area contributed by atoms with Gasteiger partial charge in [0.15, 0.2) is 0 Å². The van der Waals surface area contributed by atoms with Gasteiger partial charge in [0.25, 0.3) is 0 Å². The Bertz CT molecular complexity index is 498. The molecule has 1 aliphatic rings. The van der Waals surface area contributed by atoms with Crippen LogP contribution in [0.25, 0.3) is 0 Å². The number of piperazine rings is 1. The lowest BCUT2D eigenvalue weighted by molar-refractivity contribution is 0.000669. The summed E-state index contributed by atoms with van der Waals surface area (Å²) in [5, 5.41) is 0. The van der Waals surface area contributed by atoms with Crippen LogP contribution in [0.15, 0.2) is 15.9 Å². The van der Waals surface area contributed by atoms with Crippen molar-refractivity contribution in [3.8, 4) is 0 Å². The fourth-order valence-corrected chi connectivity index (χ4v) is 3.95. The summed E-state index contributed by atoms with van der Waals surface area (Å²) < 4.78 is 6.63. The molecule has 2 heterocycles. The summed E-state index contributed by atoms with van der Waals surface area (Å²) in [5.74, 6) is 0. The van der Waals surface area contributed by atoms with Gasteiger partial charge in [-0.05, 0) is 55.8 Å². The van der Waals surface area contributed by atoms with E-state index in [1.807, 2.05) is 25.7 Å². The number of carbonyl (C=O) groups is 1. The van der Waals surface area contributed by atoms with E-state index in [2.05, 4.69) is 39.9 Å². The lowest BCUT2D eigenvalue weighted by Gasteiger charge is -2.40. The molecule has 1 amide bonds. The third kappa shape index (κ3) is 4.97. The number of hydrogen-bond acceptors (Lipinski definition) is 4. The number of thiophene rings is 1. The van der Waals surface area contributed by atoms with E-state index in [0.717, 1.165) is 30.0 Å². The summed E-state index contributed by atoms with van der Waals surface area (Å²) in [6.07, 6.45) is -0.200. The first-order chi connectivity index (χ1) is 9.74. The molecule has 0 unspecified atom stereocenters. The first-order valence-electron chi connectivity index (χ1n) is 7.21. The summed E-state index contributed by atoms with van der Waals surface area (Å²) >= 11 is 5.26. The predicted octanol–water partition coefficient (Wildman–Crippen LogP) is 3.95. The second-order valence-corrected chi connectivity index (χ2v) is 9.01. The molecule has 21 heavy (non-hydrogen) atoms. The molecule has 0 spiro atoms. The van der Waals surface area contributed by atoms with Crippen molar-refractivity contribution >= 4 is 33.4 Å². The zero-order valence-corrected chi connectivity index (χ0v) is 15.5. The largest absolute Gasteiger partial charge is 0.444 e. The highest BCUT2D eigenvalue weighted by atomic mass is 79.9. The third-order valence-corrected chi connectivity index (χ3v) is 4.96. The fraction of sp³-hybridized carbons (Fsp3) is 0.667. The lowest BCUT2D eigenvalue weighted by Crippen LogP contribution is -2.54. The highest BCUT2D eigenvalue weighted by Gasteiger charge is 2.30. The Morgan fingerprint density at radius 2 is 2.14 bits per heavy atom. The molecular formula is C15H23BrN2O2S. The van der Waals surface area contributed by atoms with Crippen molar-refractivity contribution in [3.05, 3.63) is 20.8 Å². The van der Waals surface area contributed by atoms with E-state index < -0.39 is 5.60 Å². The highest BCUT2D eigenvalue weighted by Crippen LogP contribution is 2.24. The normalized spacial score (nSPS) is 20.6. The maximum Gasteiger partial charge on any atom is 0.410 e. The van der Waals surface area contributed by atoms with Gasteiger partial charge in [-0.2, -0.15) is 0 Å². The minimum absolute atomic E-state index is 0.178. The Morgan fingerprint density at radius 1 is 1.43 bits per heavy atom. The Balaban J connectivity index is 1.88. The van der Waals surface area contributed by atoms with Crippen LogP contribution in [0, 0.1) is 0 Å². The van der Waals surface area contributed by atoms with Gasteiger partial charge in [-0.25, -0.2) is 4.79 Å². The zero-order chi connectivity index (χ0) is 15.6. The van der Waals surface area contributed by atoms with Crippen molar-refractivity contribution in [1.29, 1.82) is 0 Å². The summed E-state index contributed by atoms with van der Waals surface area (Å²) in [6.45, 7) is 11.2. The van der Waals surface area contributed by atoms with Crippen LogP contribution in [0.1, 0.15) is 32.6 Å². The molecule has 1 aromatic heterocycles. The van der Waals surface area contributed by atoms with Crippen molar-refractivity contribution in [2.45, 2.75) is 45.9 Å². The number of hydrogen-bond donors (Lipinski definition) is 0. The van der Waals surface area contributed by atoms with Crippen molar-refractivity contribution in [2.24, 2.45) is 0 Å². The van der Waals surface area contributed by atoms with Gasteiger partial charge in [-0.15, -0.1) is 11.3 Å². The van der Waals surface area contributed by atoms with Crippen molar-refractivity contribution in [1.82, 2.24) is 9.80 Å². The standard InChI is InChI=1S/C15H23BrN2O2S/c1-11-9-17(10-12-5-6-13(16)21-12)7-8-18(11)14(19)20-15(2,3)4/h5-6,11H,7-10H2,1-4H3/t11-/m0/s1. The van der Waals surface area contributed by atoms with Gasteiger partial charge in [0.1, 0.15) is 5.60 Å². The van der Waals surface area contributed by atoms with Gasteiger partial charge in [-0.1, -0.05) is 0 Å². The number of carbonyl (C=O) groups excluding carboxylic acids is 1. The molecule has 0 bridgehead atoms. The van der Waals surface area contributed by atoms with E-state index in [9.17, 15) is 4.79 Å². The summed E-state index contributed by atoms with van der Waals surface area (Å²) in [4.78, 5) is 17.8. The molecule has 1 saturated heterocycles. The van der Waals surface area contributed by atoms with E-state index in [-0.39, 0.29) is 12.1 Å². The molecule has 118 valence electrons. The van der Waals surface area contributed by atoms with Crippen LogP contribution in [0.2, 0.25) is 0 Å². The van der Waals surface area contributed by atoms with Gasteiger partial charge in [0.2, 0.25) is 0 Å². The highest BCUT2D eigenvalue weighted by molar-refractivity contribution is 9.11. The molecule has 0 aliphatic carbocycles. The average molecular weight is 375 g/mol. The monoisotopic (exact) mass is 374 g/mol. The van der Waals surface area contributed by atoms with E-state index in [1.165, 1.54) is 4.88 Å².